The maximum atomic E-state index is 13.4. The number of ether oxygens (including phenoxy) is 1. The molecular formula is C17H16FN3O5S. The first-order valence-corrected chi connectivity index (χ1v) is 9.44. The number of aryl methyl sites for hydroxylation is 1. The molecule has 0 atom stereocenters. The number of hydrogen-bond donors (Lipinski definition) is 3. The lowest BCUT2D eigenvalue weighted by atomic mass is 10.0. The maximum absolute atomic E-state index is 13.4. The fourth-order valence-corrected chi connectivity index (χ4v) is 3.36. The Morgan fingerprint density at radius 2 is 1.96 bits per heavy atom. The molecule has 2 aromatic rings. The van der Waals surface area contributed by atoms with Crippen molar-refractivity contribution in [3.8, 4) is 5.75 Å². The molecule has 1 aliphatic heterocycles. The fraction of sp³-hybridized carbons (Fsp3) is 0.176. The second-order valence-corrected chi connectivity index (χ2v) is 7.42. The molecule has 2 aromatic carbocycles. The molecule has 0 unspecified atom stereocenters. The van der Waals surface area contributed by atoms with Crippen molar-refractivity contribution < 1.29 is 27.1 Å². The predicted octanol–water partition coefficient (Wildman–Crippen LogP) is 1.10. The van der Waals surface area contributed by atoms with Gasteiger partial charge in [-0.1, -0.05) is 12.1 Å². The highest BCUT2D eigenvalue weighted by molar-refractivity contribution is 7.89. The monoisotopic (exact) mass is 393 g/mol. The smallest absolute Gasteiger partial charge is 0.272 e. The molecular weight excluding hydrogens is 377 g/mol. The van der Waals surface area contributed by atoms with Gasteiger partial charge < -0.3 is 10.1 Å². The van der Waals surface area contributed by atoms with E-state index in [0.717, 1.165) is 0 Å². The molecule has 0 aromatic heterocycles. The van der Waals surface area contributed by atoms with Crippen molar-refractivity contribution in [3.63, 3.8) is 0 Å². The molecule has 0 radical (unpaired) electrons. The van der Waals surface area contributed by atoms with Crippen LogP contribution in [0.3, 0.4) is 0 Å². The van der Waals surface area contributed by atoms with Gasteiger partial charge in [0.25, 0.3) is 15.9 Å². The zero-order valence-electron chi connectivity index (χ0n) is 14.0. The predicted molar refractivity (Wildman–Crippen MR) is 93.8 cm³/mol. The van der Waals surface area contributed by atoms with Crippen LogP contribution in [0.1, 0.15) is 12.0 Å². The Bertz CT molecular complexity index is 994. The number of para-hydroxylation sites is 1. The van der Waals surface area contributed by atoms with Crippen LogP contribution < -0.4 is 20.3 Å². The van der Waals surface area contributed by atoms with E-state index in [1.54, 1.807) is 0 Å². The Labute approximate surface area is 154 Å². The van der Waals surface area contributed by atoms with Crippen molar-refractivity contribution in [2.24, 2.45) is 0 Å². The van der Waals surface area contributed by atoms with Crippen LogP contribution in [-0.2, 0) is 26.0 Å². The van der Waals surface area contributed by atoms with Crippen LogP contribution in [0.2, 0.25) is 0 Å². The number of hydrogen-bond acceptors (Lipinski definition) is 5. The quantitative estimate of drug-likeness (QED) is 0.636. The average molecular weight is 393 g/mol. The topological polar surface area (TPSA) is 114 Å². The summed E-state index contributed by atoms with van der Waals surface area (Å²) in [6, 6.07) is 9.77. The number of hydrazine groups is 1. The van der Waals surface area contributed by atoms with Crippen LogP contribution in [0.25, 0.3) is 0 Å². The molecule has 0 saturated heterocycles. The first-order valence-electron chi connectivity index (χ1n) is 7.96. The molecule has 2 amide bonds. The second kappa shape index (κ2) is 7.72. The summed E-state index contributed by atoms with van der Waals surface area (Å²) in [5.74, 6) is -1.68. The van der Waals surface area contributed by atoms with Crippen LogP contribution in [0.15, 0.2) is 47.4 Å². The van der Waals surface area contributed by atoms with E-state index in [4.69, 9.17) is 4.74 Å². The van der Waals surface area contributed by atoms with E-state index in [9.17, 15) is 22.4 Å². The molecule has 10 heteroatoms. The van der Waals surface area contributed by atoms with Gasteiger partial charge >= 0.3 is 0 Å². The fourth-order valence-electron chi connectivity index (χ4n) is 2.45. The number of sulfonamides is 1. The van der Waals surface area contributed by atoms with Crippen molar-refractivity contribution >= 4 is 27.5 Å². The SMILES string of the molecule is O=C(COc1ccccc1F)NNS(=O)(=O)c1ccc2c(c1)CCC(=O)N2. The molecule has 3 N–H and O–H groups in total. The average Bonchev–Trinajstić information content (AvgIpc) is 2.65. The van der Waals surface area contributed by atoms with Crippen molar-refractivity contribution in [2.75, 3.05) is 11.9 Å². The lowest BCUT2D eigenvalue weighted by molar-refractivity contribution is -0.123. The number of rotatable bonds is 6. The second-order valence-electron chi connectivity index (χ2n) is 5.74. The van der Waals surface area contributed by atoms with Gasteiger partial charge in [-0.3, -0.25) is 15.0 Å². The van der Waals surface area contributed by atoms with Gasteiger partial charge in [0.15, 0.2) is 18.2 Å². The molecule has 27 heavy (non-hydrogen) atoms. The largest absolute Gasteiger partial charge is 0.481 e. The molecule has 0 fully saturated rings. The highest BCUT2D eigenvalue weighted by Gasteiger charge is 2.20. The number of anilines is 1. The van der Waals surface area contributed by atoms with Gasteiger partial charge in [0.05, 0.1) is 4.90 Å². The number of benzene rings is 2. The number of carbonyl (C=O) groups is 2. The molecule has 142 valence electrons. The van der Waals surface area contributed by atoms with Crippen molar-refractivity contribution in [1.82, 2.24) is 10.3 Å². The highest BCUT2D eigenvalue weighted by atomic mass is 32.2. The van der Waals surface area contributed by atoms with Gasteiger partial charge in [0.2, 0.25) is 5.91 Å². The van der Waals surface area contributed by atoms with Gasteiger partial charge in [0, 0.05) is 12.1 Å². The molecule has 0 spiro atoms. The summed E-state index contributed by atoms with van der Waals surface area (Å²) >= 11 is 0. The Balaban J connectivity index is 1.59. The highest BCUT2D eigenvalue weighted by Crippen LogP contribution is 2.25. The van der Waals surface area contributed by atoms with E-state index in [1.807, 2.05) is 10.3 Å². The minimum atomic E-state index is -4.02. The van der Waals surface area contributed by atoms with Crippen LogP contribution in [0.5, 0.6) is 5.75 Å². The lowest BCUT2D eigenvalue weighted by Gasteiger charge is -2.17. The van der Waals surface area contributed by atoms with Gasteiger partial charge in [-0.2, -0.15) is 0 Å². The molecule has 0 aliphatic carbocycles. The third kappa shape index (κ3) is 4.60. The van der Waals surface area contributed by atoms with E-state index in [1.165, 1.54) is 42.5 Å². The number of halogens is 1. The first kappa shape index (κ1) is 18.8. The molecule has 0 bridgehead atoms. The van der Waals surface area contributed by atoms with Crippen molar-refractivity contribution in [1.29, 1.82) is 0 Å². The summed E-state index contributed by atoms with van der Waals surface area (Å²) in [7, 11) is -4.02. The van der Waals surface area contributed by atoms with Crippen molar-refractivity contribution in [3.05, 3.63) is 53.8 Å². The molecule has 0 saturated carbocycles. The number of carbonyl (C=O) groups excluding carboxylic acids is 2. The van der Waals surface area contributed by atoms with Crippen LogP contribution in [-0.4, -0.2) is 26.8 Å². The Morgan fingerprint density at radius 3 is 2.74 bits per heavy atom. The summed E-state index contributed by atoms with van der Waals surface area (Å²) in [6.45, 7) is -0.570. The number of nitrogens with one attached hydrogen (secondary N) is 3. The van der Waals surface area contributed by atoms with Gasteiger partial charge in [0.1, 0.15) is 0 Å². The van der Waals surface area contributed by atoms with E-state index in [2.05, 4.69) is 5.32 Å². The van der Waals surface area contributed by atoms with Crippen molar-refractivity contribution in [2.45, 2.75) is 17.7 Å². The Hall–Kier alpha value is -2.98. The van der Waals surface area contributed by atoms with Crippen LogP contribution >= 0.6 is 0 Å². The summed E-state index contributed by atoms with van der Waals surface area (Å²) in [5.41, 5.74) is 3.25. The van der Waals surface area contributed by atoms with Gasteiger partial charge in [-0.05, 0) is 42.3 Å². The van der Waals surface area contributed by atoms with Crippen LogP contribution in [0.4, 0.5) is 10.1 Å². The standard InChI is InChI=1S/C17H16FN3O5S/c18-13-3-1-2-4-15(13)26-10-17(23)20-21-27(24,25)12-6-7-14-11(9-12)5-8-16(22)19-14/h1-4,6-7,9,21H,5,8,10H2,(H,19,22)(H,20,23). The summed E-state index contributed by atoms with van der Waals surface area (Å²) < 4.78 is 43.0. The Morgan fingerprint density at radius 1 is 1.19 bits per heavy atom. The van der Waals surface area contributed by atoms with Gasteiger partial charge in [-0.25, -0.2) is 12.8 Å². The number of fused-ring (bicyclic) bond motifs is 1. The summed E-state index contributed by atoms with van der Waals surface area (Å²) in [6.07, 6.45) is 0.696. The number of amides is 2. The lowest BCUT2D eigenvalue weighted by Crippen LogP contribution is -2.43. The third-order valence-corrected chi connectivity index (χ3v) is 5.05. The van der Waals surface area contributed by atoms with Gasteiger partial charge in [-0.15, -0.1) is 4.83 Å². The molecule has 3 rings (SSSR count). The van der Waals surface area contributed by atoms with Crippen LogP contribution in [0, 0.1) is 5.82 Å². The first-order chi connectivity index (χ1) is 12.8. The minimum absolute atomic E-state index is 0.0623. The minimum Gasteiger partial charge on any atom is -0.481 e. The molecule has 1 aliphatic rings. The summed E-state index contributed by atoms with van der Waals surface area (Å²) in [4.78, 5) is 25.0. The third-order valence-electron chi connectivity index (χ3n) is 3.80. The zero-order chi connectivity index (χ0) is 19.4. The zero-order valence-corrected chi connectivity index (χ0v) is 14.8. The van der Waals surface area contributed by atoms with E-state index in [-0.39, 0.29) is 23.0 Å². The van der Waals surface area contributed by atoms with E-state index >= 15 is 0 Å². The Kier molecular flexibility index (Phi) is 5.38. The maximum Gasteiger partial charge on any atom is 0.272 e. The molecule has 8 nitrogen and oxygen atoms in total. The van der Waals surface area contributed by atoms with E-state index in [0.29, 0.717) is 17.7 Å². The van der Waals surface area contributed by atoms with E-state index < -0.39 is 28.4 Å². The normalized spacial score (nSPS) is 13.4. The summed E-state index contributed by atoms with van der Waals surface area (Å²) in [5, 5.41) is 2.65. The molecule has 1 heterocycles.